The first-order valence-corrected chi connectivity index (χ1v) is 11.9. The Bertz CT molecular complexity index is 1020. The lowest BCUT2D eigenvalue weighted by molar-refractivity contribution is -0.137. The van der Waals surface area contributed by atoms with E-state index in [4.69, 9.17) is 0 Å². The topological polar surface area (TPSA) is 102 Å². The van der Waals surface area contributed by atoms with Crippen LogP contribution >= 0.6 is 0 Å². The van der Waals surface area contributed by atoms with E-state index in [0.29, 0.717) is 31.4 Å². The van der Waals surface area contributed by atoms with E-state index in [1.807, 2.05) is 42.5 Å². The molecule has 1 atom stereocenters. The molecule has 0 aliphatic carbocycles. The van der Waals surface area contributed by atoms with E-state index in [-0.39, 0.29) is 24.8 Å². The maximum Gasteiger partial charge on any atom is 0.305 e. The Balaban J connectivity index is 1.37. The van der Waals surface area contributed by atoms with Gasteiger partial charge in [-0.15, -0.1) is 0 Å². The van der Waals surface area contributed by atoms with E-state index in [0.717, 1.165) is 43.0 Å². The molecule has 0 saturated carbocycles. The number of carbonyl (C=O) groups is 3. The standard InChI is InChI=1S/C26H32N4O4/c31-24(28-21(16-25(32)33)8-6-19-4-2-1-3-5-19)18-30-13-10-20-7-9-22(17-23(20)26(30)34)29-14-11-27-12-15-29/h1-5,7,9,17,21,27H,6,8,10-16,18H2,(H,28,31)(H,32,33)/t21-/m1/s1. The van der Waals surface area contributed by atoms with Gasteiger partial charge in [0.25, 0.3) is 5.91 Å². The molecule has 0 bridgehead atoms. The molecule has 0 aromatic heterocycles. The minimum absolute atomic E-state index is 0.0718. The smallest absolute Gasteiger partial charge is 0.305 e. The molecule has 3 N–H and O–H groups in total. The number of nitrogens with zero attached hydrogens (tertiary/aromatic N) is 2. The Kier molecular flexibility index (Phi) is 7.80. The van der Waals surface area contributed by atoms with Crippen LogP contribution in [-0.2, 0) is 22.4 Å². The fraction of sp³-hybridized carbons (Fsp3) is 0.423. The second-order valence-electron chi connectivity index (χ2n) is 8.94. The monoisotopic (exact) mass is 464 g/mol. The number of amides is 2. The van der Waals surface area contributed by atoms with E-state index in [2.05, 4.69) is 21.6 Å². The summed E-state index contributed by atoms with van der Waals surface area (Å²) in [7, 11) is 0. The summed E-state index contributed by atoms with van der Waals surface area (Å²) in [6.45, 7) is 4.02. The number of aliphatic carboxylic acids is 1. The van der Waals surface area contributed by atoms with Crippen LogP contribution in [0.15, 0.2) is 48.5 Å². The number of nitrogens with one attached hydrogen (secondary N) is 2. The van der Waals surface area contributed by atoms with Gasteiger partial charge in [0.05, 0.1) is 13.0 Å². The highest BCUT2D eigenvalue weighted by Crippen LogP contribution is 2.25. The van der Waals surface area contributed by atoms with E-state index in [1.165, 1.54) is 0 Å². The first-order chi connectivity index (χ1) is 16.5. The maximum absolute atomic E-state index is 13.2. The highest BCUT2D eigenvalue weighted by molar-refractivity contribution is 5.99. The number of carboxylic acids is 1. The van der Waals surface area contributed by atoms with Crippen molar-refractivity contribution in [3.05, 3.63) is 65.2 Å². The van der Waals surface area contributed by atoms with Gasteiger partial charge in [0.1, 0.15) is 0 Å². The quantitative estimate of drug-likeness (QED) is 0.522. The van der Waals surface area contributed by atoms with Gasteiger partial charge in [-0.1, -0.05) is 36.4 Å². The number of carboxylic acid groups (broad SMARTS) is 1. The van der Waals surface area contributed by atoms with Crippen LogP contribution in [0.5, 0.6) is 0 Å². The van der Waals surface area contributed by atoms with E-state index < -0.39 is 12.0 Å². The highest BCUT2D eigenvalue weighted by Gasteiger charge is 2.28. The van der Waals surface area contributed by atoms with Gasteiger partial charge in [-0.25, -0.2) is 0 Å². The maximum atomic E-state index is 13.2. The van der Waals surface area contributed by atoms with Gasteiger partial charge in [-0.3, -0.25) is 14.4 Å². The zero-order chi connectivity index (χ0) is 23.9. The Hall–Kier alpha value is -3.39. The zero-order valence-corrected chi connectivity index (χ0v) is 19.3. The predicted octanol–water partition coefficient (Wildman–Crippen LogP) is 1.69. The third-order valence-electron chi connectivity index (χ3n) is 6.49. The number of fused-ring (bicyclic) bond motifs is 1. The van der Waals surface area contributed by atoms with Crippen LogP contribution in [0.3, 0.4) is 0 Å². The summed E-state index contributed by atoms with van der Waals surface area (Å²) in [5, 5.41) is 15.5. The van der Waals surface area contributed by atoms with E-state index in [1.54, 1.807) is 4.90 Å². The fourth-order valence-electron chi connectivity index (χ4n) is 4.65. The molecule has 0 radical (unpaired) electrons. The SMILES string of the molecule is O=C(O)C[C@@H](CCc1ccccc1)NC(=O)CN1CCc2ccc(N3CCNCC3)cc2C1=O. The fourth-order valence-corrected chi connectivity index (χ4v) is 4.65. The summed E-state index contributed by atoms with van der Waals surface area (Å²) < 4.78 is 0. The zero-order valence-electron chi connectivity index (χ0n) is 19.3. The molecule has 2 amide bonds. The van der Waals surface area contributed by atoms with Crippen LogP contribution in [0.2, 0.25) is 0 Å². The lowest BCUT2D eigenvalue weighted by Gasteiger charge is -2.32. The molecule has 0 spiro atoms. The molecule has 0 unspecified atom stereocenters. The summed E-state index contributed by atoms with van der Waals surface area (Å²) in [6, 6.07) is 15.3. The summed E-state index contributed by atoms with van der Waals surface area (Å²) in [5.74, 6) is -1.43. The van der Waals surface area contributed by atoms with Gasteiger partial charge in [-0.05, 0) is 42.5 Å². The van der Waals surface area contributed by atoms with Gasteiger partial charge >= 0.3 is 5.97 Å². The molecule has 2 heterocycles. The molecule has 1 fully saturated rings. The number of hydrogen-bond acceptors (Lipinski definition) is 5. The summed E-state index contributed by atoms with van der Waals surface area (Å²) in [5.41, 5.74) is 3.78. The summed E-state index contributed by atoms with van der Waals surface area (Å²) in [4.78, 5) is 41.1. The van der Waals surface area contributed by atoms with E-state index >= 15 is 0 Å². The number of anilines is 1. The van der Waals surface area contributed by atoms with Crippen LogP contribution < -0.4 is 15.5 Å². The molecule has 2 aliphatic heterocycles. The highest BCUT2D eigenvalue weighted by atomic mass is 16.4. The molecule has 2 aromatic carbocycles. The van der Waals surface area contributed by atoms with Gasteiger partial charge in [-0.2, -0.15) is 0 Å². The Morgan fingerprint density at radius 1 is 1.06 bits per heavy atom. The molecule has 2 aliphatic rings. The third-order valence-corrected chi connectivity index (χ3v) is 6.49. The number of carbonyl (C=O) groups excluding carboxylic acids is 2. The molecular formula is C26H32N4O4. The number of hydrogen-bond donors (Lipinski definition) is 3. The van der Waals surface area contributed by atoms with Gasteiger partial charge in [0.15, 0.2) is 0 Å². The second-order valence-corrected chi connectivity index (χ2v) is 8.94. The predicted molar refractivity (Wildman–Crippen MR) is 130 cm³/mol. The van der Waals surface area contributed by atoms with Crippen molar-refractivity contribution in [3.63, 3.8) is 0 Å². The van der Waals surface area contributed by atoms with Crippen molar-refractivity contribution in [2.75, 3.05) is 44.2 Å². The number of rotatable bonds is 9. The molecule has 2 aromatic rings. The average molecular weight is 465 g/mol. The van der Waals surface area contributed by atoms with Gasteiger partial charge in [0.2, 0.25) is 5.91 Å². The minimum atomic E-state index is -0.957. The van der Waals surface area contributed by atoms with Crippen LogP contribution in [0.25, 0.3) is 0 Å². The van der Waals surface area contributed by atoms with Crippen LogP contribution in [0.1, 0.15) is 34.3 Å². The van der Waals surface area contributed by atoms with Crippen molar-refractivity contribution in [1.82, 2.24) is 15.5 Å². The molecular weight excluding hydrogens is 432 g/mol. The van der Waals surface area contributed by atoms with Crippen molar-refractivity contribution >= 4 is 23.5 Å². The normalized spacial score (nSPS) is 16.6. The summed E-state index contributed by atoms with van der Waals surface area (Å²) in [6.07, 6.45) is 1.74. The van der Waals surface area contributed by atoms with Crippen LogP contribution in [-0.4, -0.2) is 73.1 Å². The van der Waals surface area contributed by atoms with E-state index in [9.17, 15) is 19.5 Å². The van der Waals surface area contributed by atoms with Gasteiger partial charge in [0, 0.05) is 50.0 Å². The van der Waals surface area contributed by atoms with Crippen molar-refractivity contribution < 1.29 is 19.5 Å². The number of piperazine rings is 1. The second kappa shape index (κ2) is 11.2. The Labute approximate surface area is 199 Å². The molecule has 4 rings (SSSR count). The summed E-state index contributed by atoms with van der Waals surface area (Å²) >= 11 is 0. The molecule has 180 valence electrons. The molecule has 8 heteroatoms. The number of aryl methyl sites for hydroxylation is 1. The minimum Gasteiger partial charge on any atom is -0.481 e. The molecule has 34 heavy (non-hydrogen) atoms. The largest absolute Gasteiger partial charge is 0.481 e. The van der Waals surface area contributed by atoms with Crippen molar-refractivity contribution in [3.8, 4) is 0 Å². The lowest BCUT2D eigenvalue weighted by Crippen LogP contribution is -2.47. The Morgan fingerprint density at radius 3 is 2.56 bits per heavy atom. The van der Waals surface area contributed by atoms with Crippen LogP contribution in [0.4, 0.5) is 5.69 Å². The Morgan fingerprint density at radius 2 is 1.82 bits per heavy atom. The van der Waals surface area contributed by atoms with Crippen LogP contribution in [0, 0.1) is 0 Å². The molecule has 1 saturated heterocycles. The number of benzene rings is 2. The molecule has 8 nitrogen and oxygen atoms in total. The first-order valence-electron chi connectivity index (χ1n) is 11.9. The lowest BCUT2D eigenvalue weighted by atomic mass is 9.97. The first kappa shape index (κ1) is 23.8. The third kappa shape index (κ3) is 6.14. The van der Waals surface area contributed by atoms with Crippen molar-refractivity contribution in [2.24, 2.45) is 0 Å². The van der Waals surface area contributed by atoms with Crippen molar-refractivity contribution in [2.45, 2.75) is 31.7 Å². The average Bonchev–Trinajstić information content (AvgIpc) is 2.85. The van der Waals surface area contributed by atoms with Gasteiger partial charge < -0.3 is 25.5 Å². The van der Waals surface area contributed by atoms with Crippen molar-refractivity contribution in [1.29, 1.82) is 0 Å².